The van der Waals surface area contributed by atoms with E-state index in [1.54, 1.807) is 0 Å². The van der Waals surface area contributed by atoms with Crippen LogP contribution in [0.5, 0.6) is 0 Å². The molecule has 1 aliphatic rings. The molecule has 1 saturated heterocycles. The number of hydrogen-bond acceptors (Lipinski definition) is 2. The second-order valence-electron chi connectivity index (χ2n) is 5.27. The van der Waals surface area contributed by atoms with Crippen LogP contribution in [0.2, 0.25) is 0 Å². The van der Waals surface area contributed by atoms with E-state index in [0.717, 1.165) is 26.1 Å². The fraction of sp³-hybridized carbons (Fsp3) is 0.818. The summed E-state index contributed by atoms with van der Waals surface area (Å²) in [6.07, 6.45) is 1.06. The van der Waals surface area contributed by atoms with E-state index in [2.05, 4.69) is 32.3 Å². The van der Waals surface area contributed by atoms with Gasteiger partial charge in [0.15, 0.2) is 0 Å². The van der Waals surface area contributed by atoms with Gasteiger partial charge in [-0.05, 0) is 18.4 Å². The van der Waals surface area contributed by atoms with Crippen molar-refractivity contribution in [2.45, 2.75) is 27.2 Å². The van der Waals surface area contributed by atoms with Crippen molar-refractivity contribution in [1.29, 1.82) is 0 Å². The monoisotopic (exact) mass is 183 g/mol. The summed E-state index contributed by atoms with van der Waals surface area (Å²) >= 11 is 0. The first-order chi connectivity index (χ1) is 5.88. The topological polar surface area (TPSA) is 23.5 Å². The first-order valence-electron chi connectivity index (χ1n) is 4.98. The Balaban J connectivity index is 2.38. The normalized spacial score (nSPS) is 25.0. The Bertz CT molecular complexity index is 193. The summed E-state index contributed by atoms with van der Waals surface area (Å²) in [7, 11) is 0. The van der Waals surface area contributed by atoms with Crippen LogP contribution < -0.4 is 0 Å². The largest absolute Gasteiger partial charge is 0.513 e. The lowest BCUT2D eigenvalue weighted by Gasteiger charge is -2.26. The number of hydrogen-bond donors (Lipinski definition) is 1. The highest BCUT2D eigenvalue weighted by Crippen LogP contribution is 2.24. The van der Waals surface area contributed by atoms with Crippen molar-refractivity contribution in [2.75, 3.05) is 19.6 Å². The Morgan fingerprint density at radius 2 is 2.15 bits per heavy atom. The summed E-state index contributed by atoms with van der Waals surface area (Å²) in [4.78, 5) is 2.41. The Kier molecular flexibility index (Phi) is 3.01. The molecule has 1 aliphatic heterocycles. The molecular formula is C11H21NO. The minimum Gasteiger partial charge on any atom is -0.513 e. The van der Waals surface area contributed by atoms with Gasteiger partial charge in [-0.1, -0.05) is 27.4 Å². The zero-order valence-corrected chi connectivity index (χ0v) is 9.01. The van der Waals surface area contributed by atoms with Crippen LogP contribution in [0.1, 0.15) is 27.2 Å². The van der Waals surface area contributed by atoms with Crippen molar-refractivity contribution in [3.05, 3.63) is 12.3 Å². The minimum atomic E-state index is 0.308. The third kappa shape index (κ3) is 3.39. The van der Waals surface area contributed by atoms with E-state index in [4.69, 9.17) is 0 Å². The first kappa shape index (κ1) is 10.6. The third-order valence-electron chi connectivity index (χ3n) is 2.44. The molecule has 0 aliphatic carbocycles. The molecule has 1 atom stereocenters. The van der Waals surface area contributed by atoms with Gasteiger partial charge in [0.05, 0.1) is 5.76 Å². The van der Waals surface area contributed by atoms with E-state index in [9.17, 15) is 5.11 Å². The molecule has 2 nitrogen and oxygen atoms in total. The Labute approximate surface area is 81.2 Å². The number of nitrogens with zero attached hydrogens (tertiary/aromatic N) is 1. The zero-order valence-electron chi connectivity index (χ0n) is 9.01. The highest BCUT2D eigenvalue weighted by molar-refractivity contribution is 4.95. The average molecular weight is 183 g/mol. The van der Waals surface area contributed by atoms with Crippen LogP contribution in [0.3, 0.4) is 0 Å². The van der Waals surface area contributed by atoms with Gasteiger partial charge in [0.25, 0.3) is 0 Å². The molecule has 0 bridgehead atoms. The van der Waals surface area contributed by atoms with E-state index in [-0.39, 0.29) is 0 Å². The molecule has 1 heterocycles. The molecule has 0 spiro atoms. The van der Waals surface area contributed by atoms with Gasteiger partial charge in [-0.3, -0.25) is 0 Å². The quantitative estimate of drug-likeness (QED) is 0.665. The van der Waals surface area contributed by atoms with Crippen molar-refractivity contribution >= 4 is 0 Å². The van der Waals surface area contributed by atoms with E-state index in [0.29, 0.717) is 17.1 Å². The lowest BCUT2D eigenvalue weighted by molar-refractivity contribution is 0.217. The van der Waals surface area contributed by atoms with Gasteiger partial charge in [0.2, 0.25) is 0 Å². The number of likely N-dealkylation sites (tertiary alicyclic amines) is 1. The highest BCUT2D eigenvalue weighted by Gasteiger charge is 2.27. The van der Waals surface area contributed by atoms with Crippen molar-refractivity contribution in [2.24, 2.45) is 11.3 Å². The Morgan fingerprint density at radius 1 is 1.54 bits per heavy atom. The Hall–Kier alpha value is -0.500. The molecule has 1 rings (SSSR count). The van der Waals surface area contributed by atoms with Gasteiger partial charge < -0.3 is 10.0 Å². The molecular weight excluding hydrogens is 162 g/mol. The second-order valence-corrected chi connectivity index (χ2v) is 5.27. The first-order valence-corrected chi connectivity index (χ1v) is 4.98. The molecule has 0 aromatic heterocycles. The lowest BCUT2D eigenvalue weighted by atomic mass is 9.96. The van der Waals surface area contributed by atoms with E-state index >= 15 is 0 Å². The van der Waals surface area contributed by atoms with Gasteiger partial charge >= 0.3 is 0 Å². The van der Waals surface area contributed by atoms with Crippen LogP contribution in [-0.2, 0) is 0 Å². The second kappa shape index (κ2) is 3.70. The van der Waals surface area contributed by atoms with Gasteiger partial charge in [-0.2, -0.15) is 0 Å². The van der Waals surface area contributed by atoms with Crippen LogP contribution in [0.4, 0.5) is 0 Å². The fourth-order valence-corrected chi connectivity index (χ4v) is 1.92. The zero-order chi connectivity index (χ0) is 10.1. The molecule has 1 N–H and O–H groups in total. The van der Waals surface area contributed by atoms with Crippen molar-refractivity contribution < 1.29 is 5.11 Å². The summed E-state index contributed by atoms with van der Waals surface area (Å²) < 4.78 is 0. The molecule has 0 amide bonds. The van der Waals surface area contributed by atoms with Crippen LogP contribution in [0.25, 0.3) is 0 Å². The van der Waals surface area contributed by atoms with Gasteiger partial charge in [0.1, 0.15) is 0 Å². The third-order valence-corrected chi connectivity index (χ3v) is 2.44. The van der Waals surface area contributed by atoms with Crippen LogP contribution in [0, 0.1) is 11.3 Å². The molecule has 13 heavy (non-hydrogen) atoms. The fourth-order valence-electron chi connectivity index (χ4n) is 1.92. The van der Waals surface area contributed by atoms with Gasteiger partial charge in [0, 0.05) is 19.0 Å². The predicted octanol–water partition coefficient (Wildman–Crippen LogP) is 2.43. The molecule has 1 fully saturated rings. The Morgan fingerprint density at radius 3 is 2.54 bits per heavy atom. The summed E-state index contributed by atoms with van der Waals surface area (Å²) in [6.45, 7) is 13.5. The molecule has 0 aromatic rings. The number of rotatable bonds is 2. The van der Waals surface area contributed by atoms with Gasteiger partial charge in [-0.15, -0.1) is 0 Å². The minimum absolute atomic E-state index is 0.308. The predicted molar refractivity (Wildman–Crippen MR) is 55.8 cm³/mol. The molecule has 2 heteroatoms. The summed E-state index contributed by atoms with van der Waals surface area (Å²) in [5.74, 6) is 0.666. The molecule has 0 saturated carbocycles. The average Bonchev–Trinajstić information content (AvgIpc) is 2.31. The van der Waals surface area contributed by atoms with Crippen molar-refractivity contribution in [1.82, 2.24) is 4.90 Å². The number of aliphatic hydroxyl groups excluding tert-OH is 1. The lowest BCUT2D eigenvalue weighted by Crippen LogP contribution is -2.30. The number of aliphatic hydroxyl groups is 1. The summed E-state index contributed by atoms with van der Waals surface area (Å²) in [6, 6.07) is 0. The van der Waals surface area contributed by atoms with Gasteiger partial charge in [-0.25, -0.2) is 0 Å². The van der Waals surface area contributed by atoms with Crippen LogP contribution in [-0.4, -0.2) is 29.6 Å². The van der Waals surface area contributed by atoms with Crippen molar-refractivity contribution in [3.8, 4) is 0 Å². The van der Waals surface area contributed by atoms with Crippen LogP contribution in [0.15, 0.2) is 12.3 Å². The maximum atomic E-state index is 9.25. The molecule has 1 unspecified atom stereocenters. The van der Waals surface area contributed by atoms with Crippen LogP contribution >= 0.6 is 0 Å². The van der Waals surface area contributed by atoms with E-state index in [1.807, 2.05) is 0 Å². The summed E-state index contributed by atoms with van der Waals surface area (Å²) in [5, 5.41) is 9.25. The maximum Gasteiger partial charge on any atom is 0.0895 e. The summed E-state index contributed by atoms with van der Waals surface area (Å²) in [5.41, 5.74) is 0.353. The van der Waals surface area contributed by atoms with Crippen molar-refractivity contribution in [3.63, 3.8) is 0 Å². The molecule has 76 valence electrons. The molecule has 0 radical (unpaired) electrons. The molecule has 0 aromatic carbocycles. The smallest absolute Gasteiger partial charge is 0.0895 e. The maximum absolute atomic E-state index is 9.25. The SMILES string of the molecule is C=C(O)C1CCN(CC(C)(C)C)C1. The standard InChI is InChI=1S/C11H21NO/c1-9(13)10-5-6-12(7-10)8-11(2,3)4/h10,13H,1,5-8H2,2-4H3. The van der Waals surface area contributed by atoms with E-state index in [1.165, 1.54) is 0 Å². The highest BCUT2D eigenvalue weighted by atomic mass is 16.3. The van der Waals surface area contributed by atoms with E-state index < -0.39 is 0 Å².